The SMILES string of the molecule is NC(CCl)=Nc1cc(F)cc(C(F)(F)F)c1. The number of nitrogens with two attached hydrogens (primary N) is 1. The van der Waals surface area contributed by atoms with Gasteiger partial charge in [-0.15, -0.1) is 11.6 Å². The van der Waals surface area contributed by atoms with Gasteiger partial charge in [0, 0.05) is 0 Å². The normalized spacial score (nSPS) is 12.9. The fourth-order valence-corrected chi connectivity index (χ4v) is 1.06. The fourth-order valence-electron chi connectivity index (χ4n) is 0.998. The summed E-state index contributed by atoms with van der Waals surface area (Å²) in [4.78, 5) is 3.54. The van der Waals surface area contributed by atoms with E-state index >= 15 is 0 Å². The molecule has 2 N–H and O–H groups in total. The number of nitrogens with zero attached hydrogens (tertiary/aromatic N) is 1. The lowest BCUT2D eigenvalue weighted by molar-refractivity contribution is -0.137. The average molecular weight is 255 g/mol. The first-order valence-corrected chi connectivity index (χ1v) is 4.63. The third-order valence-electron chi connectivity index (χ3n) is 1.62. The summed E-state index contributed by atoms with van der Waals surface area (Å²) in [6.45, 7) is 0. The van der Waals surface area contributed by atoms with Gasteiger partial charge in [-0.1, -0.05) is 0 Å². The largest absolute Gasteiger partial charge is 0.416 e. The van der Waals surface area contributed by atoms with Crippen LogP contribution in [0.15, 0.2) is 23.2 Å². The molecule has 0 spiro atoms. The van der Waals surface area contributed by atoms with Crippen LogP contribution in [-0.2, 0) is 6.18 Å². The first-order valence-electron chi connectivity index (χ1n) is 4.09. The summed E-state index contributed by atoms with van der Waals surface area (Å²) in [5.74, 6) is -1.26. The zero-order chi connectivity index (χ0) is 12.3. The summed E-state index contributed by atoms with van der Waals surface area (Å²) >= 11 is 5.30. The van der Waals surface area contributed by atoms with Gasteiger partial charge in [-0.2, -0.15) is 13.2 Å². The van der Waals surface area contributed by atoms with Gasteiger partial charge in [-0.3, -0.25) is 0 Å². The van der Waals surface area contributed by atoms with E-state index in [4.69, 9.17) is 17.3 Å². The molecule has 88 valence electrons. The van der Waals surface area contributed by atoms with Crippen molar-refractivity contribution >= 4 is 23.1 Å². The molecular formula is C9H7ClF4N2. The molecule has 0 aromatic heterocycles. The summed E-state index contributed by atoms with van der Waals surface area (Å²) in [6, 6.07) is 1.92. The van der Waals surface area contributed by atoms with Crippen LogP contribution in [0.5, 0.6) is 0 Å². The maximum atomic E-state index is 12.9. The average Bonchev–Trinajstić information content (AvgIpc) is 2.15. The number of hydrogen-bond donors (Lipinski definition) is 1. The molecule has 1 rings (SSSR count). The van der Waals surface area contributed by atoms with Crippen LogP contribution in [-0.4, -0.2) is 11.7 Å². The molecule has 0 heterocycles. The molecule has 7 heteroatoms. The molecule has 0 aliphatic carbocycles. The lowest BCUT2D eigenvalue weighted by Gasteiger charge is -2.07. The van der Waals surface area contributed by atoms with E-state index in [0.29, 0.717) is 12.1 Å². The van der Waals surface area contributed by atoms with Crippen molar-refractivity contribution in [3.63, 3.8) is 0 Å². The molecule has 0 aliphatic heterocycles. The van der Waals surface area contributed by atoms with Crippen molar-refractivity contribution in [3.05, 3.63) is 29.6 Å². The molecule has 1 aromatic rings. The van der Waals surface area contributed by atoms with Crippen LogP contribution in [0.2, 0.25) is 0 Å². The molecule has 2 nitrogen and oxygen atoms in total. The van der Waals surface area contributed by atoms with Crippen LogP contribution >= 0.6 is 11.6 Å². The molecule has 16 heavy (non-hydrogen) atoms. The Balaban J connectivity index is 3.19. The maximum Gasteiger partial charge on any atom is 0.416 e. The van der Waals surface area contributed by atoms with Gasteiger partial charge in [0.1, 0.15) is 11.7 Å². The smallest absolute Gasteiger partial charge is 0.386 e. The zero-order valence-electron chi connectivity index (χ0n) is 7.85. The Kier molecular flexibility index (Phi) is 3.74. The lowest BCUT2D eigenvalue weighted by atomic mass is 10.2. The molecule has 0 atom stereocenters. The number of alkyl halides is 4. The van der Waals surface area contributed by atoms with Crippen LogP contribution in [0, 0.1) is 5.82 Å². The topological polar surface area (TPSA) is 38.4 Å². The number of halogens is 5. The molecule has 0 fully saturated rings. The van der Waals surface area contributed by atoms with Gasteiger partial charge < -0.3 is 5.73 Å². The van der Waals surface area contributed by atoms with Gasteiger partial charge in [-0.25, -0.2) is 9.38 Å². The molecule has 0 saturated carbocycles. The Labute approximate surface area is 93.7 Å². The molecule has 0 saturated heterocycles. The monoisotopic (exact) mass is 254 g/mol. The van der Waals surface area contributed by atoms with Crippen molar-refractivity contribution in [2.75, 3.05) is 5.88 Å². The summed E-state index contributed by atoms with van der Waals surface area (Å²) in [5, 5.41) is 0. The minimum atomic E-state index is -4.62. The van der Waals surface area contributed by atoms with Crippen LogP contribution < -0.4 is 5.73 Å². The number of hydrogen-bond acceptors (Lipinski definition) is 1. The summed E-state index contributed by atoms with van der Waals surface area (Å²) in [7, 11) is 0. The van der Waals surface area contributed by atoms with Gasteiger partial charge in [0.25, 0.3) is 0 Å². The quantitative estimate of drug-likeness (QED) is 0.375. The second kappa shape index (κ2) is 4.69. The second-order valence-electron chi connectivity index (χ2n) is 2.93. The summed E-state index contributed by atoms with van der Waals surface area (Å²) in [6.07, 6.45) is -4.62. The van der Waals surface area contributed by atoms with Crippen molar-refractivity contribution in [2.24, 2.45) is 10.7 Å². The van der Waals surface area contributed by atoms with Crippen LogP contribution in [0.3, 0.4) is 0 Å². The van der Waals surface area contributed by atoms with E-state index < -0.39 is 17.6 Å². The van der Waals surface area contributed by atoms with Crippen molar-refractivity contribution in [1.82, 2.24) is 0 Å². The Hall–Kier alpha value is -1.30. The highest BCUT2D eigenvalue weighted by atomic mass is 35.5. The van der Waals surface area contributed by atoms with Gasteiger partial charge in [0.15, 0.2) is 0 Å². The highest BCUT2D eigenvalue weighted by molar-refractivity contribution is 6.28. The van der Waals surface area contributed by atoms with Gasteiger partial charge in [-0.05, 0) is 18.2 Å². The van der Waals surface area contributed by atoms with Gasteiger partial charge >= 0.3 is 6.18 Å². The molecule has 0 radical (unpaired) electrons. The highest BCUT2D eigenvalue weighted by Gasteiger charge is 2.31. The Bertz CT molecular complexity index is 414. The first-order chi connectivity index (χ1) is 7.32. The van der Waals surface area contributed by atoms with Crippen LogP contribution in [0.1, 0.15) is 5.56 Å². The molecule has 0 aliphatic rings. The summed E-state index contributed by atoms with van der Waals surface area (Å²) in [5.41, 5.74) is 3.89. The van der Waals surface area contributed by atoms with Crippen LogP contribution in [0.4, 0.5) is 23.2 Å². The van der Waals surface area contributed by atoms with E-state index in [2.05, 4.69) is 4.99 Å². The lowest BCUT2D eigenvalue weighted by Crippen LogP contribution is -2.12. The van der Waals surface area contributed by atoms with Crippen molar-refractivity contribution in [1.29, 1.82) is 0 Å². The third kappa shape index (κ3) is 3.37. The van der Waals surface area contributed by atoms with E-state index in [1.807, 2.05) is 0 Å². The van der Waals surface area contributed by atoms with Crippen molar-refractivity contribution in [3.8, 4) is 0 Å². The Morgan fingerprint density at radius 1 is 1.31 bits per heavy atom. The van der Waals surface area contributed by atoms with Crippen molar-refractivity contribution < 1.29 is 17.6 Å². The van der Waals surface area contributed by atoms with Gasteiger partial charge in [0.05, 0.1) is 17.1 Å². The van der Waals surface area contributed by atoms with E-state index in [1.165, 1.54) is 0 Å². The molecule has 0 bridgehead atoms. The number of amidine groups is 1. The number of rotatable bonds is 2. The predicted molar refractivity (Wildman–Crippen MR) is 53.4 cm³/mol. The number of aliphatic imine (C=N–C) groups is 1. The minimum absolute atomic E-state index is 0.0830. The van der Waals surface area contributed by atoms with Gasteiger partial charge in [0.2, 0.25) is 0 Å². The molecule has 0 unspecified atom stereocenters. The standard InChI is InChI=1S/C9H7ClF4N2/c10-4-8(15)16-7-2-5(9(12,13)14)1-6(11)3-7/h1-3H,4H2,(H2,15,16). The predicted octanol–water partition coefficient (Wildman–Crippen LogP) is 3.07. The summed E-state index contributed by atoms with van der Waals surface area (Å²) < 4.78 is 49.8. The van der Waals surface area contributed by atoms with E-state index in [0.717, 1.165) is 6.07 Å². The highest BCUT2D eigenvalue weighted by Crippen LogP contribution is 2.32. The van der Waals surface area contributed by atoms with E-state index in [1.54, 1.807) is 0 Å². The van der Waals surface area contributed by atoms with E-state index in [-0.39, 0.29) is 17.4 Å². The van der Waals surface area contributed by atoms with Crippen molar-refractivity contribution in [2.45, 2.75) is 6.18 Å². The fraction of sp³-hybridized carbons (Fsp3) is 0.222. The van der Waals surface area contributed by atoms with Crippen LogP contribution in [0.25, 0.3) is 0 Å². The zero-order valence-corrected chi connectivity index (χ0v) is 8.61. The van der Waals surface area contributed by atoms with E-state index in [9.17, 15) is 17.6 Å². The minimum Gasteiger partial charge on any atom is -0.386 e. The Morgan fingerprint density at radius 2 is 1.94 bits per heavy atom. The number of benzene rings is 1. The third-order valence-corrected chi connectivity index (χ3v) is 1.89. The molecule has 0 amide bonds. The molecule has 1 aromatic carbocycles. The maximum absolute atomic E-state index is 12.9. The second-order valence-corrected chi connectivity index (χ2v) is 3.20. The molecular weight excluding hydrogens is 248 g/mol. The first kappa shape index (κ1) is 12.8. The Morgan fingerprint density at radius 3 is 2.44 bits per heavy atom.